The second kappa shape index (κ2) is 8.16. The molecule has 0 atom stereocenters. The van der Waals surface area contributed by atoms with Crippen molar-refractivity contribution in [1.82, 2.24) is 5.32 Å². The van der Waals surface area contributed by atoms with Crippen molar-refractivity contribution in [3.05, 3.63) is 36.2 Å². The minimum absolute atomic E-state index is 0.110. The van der Waals surface area contributed by atoms with Crippen molar-refractivity contribution in [3.8, 4) is 5.75 Å². The van der Waals surface area contributed by atoms with Gasteiger partial charge in [-0.05, 0) is 31.2 Å². The van der Waals surface area contributed by atoms with Crippen LogP contribution in [-0.4, -0.2) is 32.8 Å². The predicted molar refractivity (Wildman–Crippen MR) is 77.7 cm³/mol. The molecule has 0 radical (unpaired) electrons. The number of halogens is 1. The van der Waals surface area contributed by atoms with Crippen LogP contribution in [-0.2, 0) is 0 Å². The zero-order chi connectivity index (χ0) is 15.0. The molecule has 1 aromatic rings. The summed E-state index contributed by atoms with van der Waals surface area (Å²) in [7, 11) is 1.68. The van der Waals surface area contributed by atoms with Gasteiger partial charge in [0, 0.05) is 31.4 Å². The third-order valence-electron chi connectivity index (χ3n) is 2.70. The maximum atomic E-state index is 12.3. The average molecular weight is 281 g/mol. The van der Waals surface area contributed by atoms with Gasteiger partial charge in [-0.15, -0.1) is 0 Å². The van der Waals surface area contributed by atoms with E-state index in [-0.39, 0.29) is 19.2 Å². The molecule has 0 saturated heterocycles. The first-order chi connectivity index (χ1) is 9.62. The first kappa shape index (κ1) is 16.0. The largest absolute Gasteiger partial charge is 0.489 e. The van der Waals surface area contributed by atoms with Crippen molar-refractivity contribution in [3.63, 3.8) is 0 Å². The molecule has 6 heteroatoms. The molecule has 0 unspecified atom stereocenters. The minimum Gasteiger partial charge on any atom is -0.489 e. The Kier molecular flexibility index (Phi) is 6.52. The second-order valence-electron chi connectivity index (χ2n) is 4.15. The lowest BCUT2D eigenvalue weighted by atomic mass is 10.3. The lowest BCUT2D eigenvalue weighted by Gasteiger charge is -2.18. The van der Waals surface area contributed by atoms with Gasteiger partial charge in [-0.1, -0.05) is 0 Å². The topological polar surface area (TPSA) is 67.6 Å². The number of hydrogen-bond donors (Lipinski definition) is 2. The van der Waals surface area contributed by atoms with Crippen molar-refractivity contribution in [2.75, 3.05) is 31.6 Å². The molecule has 0 aliphatic heterocycles. The summed E-state index contributed by atoms with van der Waals surface area (Å²) in [6.45, 7) is 2.66. The maximum absolute atomic E-state index is 12.3. The van der Waals surface area contributed by atoms with E-state index in [0.717, 1.165) is 5.69 Å². The molecule has 1 rings (SSSR count). The Morgan fingerprint density at radius 2 is 2.10 bits per heavy atom. The standard InChI is InChI=1S/C14H20FN3O2/c1-3-17-14(19)18(2)12-4-6-13(7-5-12)20-10-11(8-15)9-16/h4-8H,3,9-10,16H2,1-2H3,(H,17,19). The summed E-state index contributed by atoms with van der Waals surface area (Å²) in [5.74, 6) is 0.589. The van der Waals surface area contributed by atoms with Gasteiger partial charge in [0.05, 0.1) is 6.33 Å². The Labute approximate surface area is 118 Å². The van der Waals surface area contributed by atoms with E-state index in [2.05, 4.69) is 5.32 Å². The lowest BCUT2D eigenvalue weighted by Crippen LogP contribution is -2.36. The highest BCUT2D eigenvalue weighted by molar-refractivity contribution is 5.91. The summed E-state index contributed by atoms with van der Waals surface area (Å²) < 4.78 is 17.7. The van der Waals surface area contributed by atoms with Crippen LogP contribution in [0.3, 0.4) is 0 Å². The zero-order valence-corrected chi connectivity index (χ0v) is 11.7. The van der Waals surface area contributed by atoms with E-state index in [4.69, 9.17) is 10.5 Å². The zero-order valence-electron chi connectivity index (χ0n) is 11.7. The number of rotatable bonds is 6. The number of carbonyl (C=O) groups excluding carboxylic acids is 1. The van der Waals surface area contributed by atoms with Crippen LogP contribution in [0.5, 0.6) is 5.75 Å². The van der Waals surface area contributed by atoms with Crippen molar-refractivity contribution < 1.29 is 13.9 Å². The number of nitrogens with zero attached hydrogens (tertiary/aromatic N) is 1. The summed E-state index contributed by atoms with van der Waals surface area (Å²) in [6.07, 6.45) is 0.456. The fourth-order valence-electron chi connectivity index (χ4n) is 1.46. The van der Waals surface area contributed by atoms with Gasteiger partial charge in [-0.3, -0.25) is 4.90 Å². The van der Waals surface area contributed by atoms with Gasteiger partial charge < -0.3 is 15.8 Å². The number of hydrogen-bond acceptors (Lipinski definition) is 3. The van der Waals surface area contributed by atoms with Gasteiger partial charge in [0.15, 0.2) is 0 Å². The third-order valence-corrected chi connectivity index (χ3v) is 2.70. The van der Waals surface area contributed by atoms with E-state index in [1.165, 1.54) is 4.90 Å². The smallest absolute Gasteiger partial charge is 0.321 e. The summed E-state index contributed by atoms with van der Waals surface area (Å²) in [6, 6.07) is 6.78. The van der Waals surface area contributed by atoms with Crippen LogP contribution in [0.2, 0.25) is 0 Å². The van der Waals surface area contributed by atoms with Crippen molar-refractivity contribution >= 4 is 11.7 Å². The van der Waals surface area contributed by atoms with Gasteiger partial charge in [-0.2, -0.15) is 0 Å². The minimum atomic E-state index is -0.174. The highest BCUT2D eigenvalue weighted by Crippen LogP contribution is 2.19. The normalized spacial score (nSPS) is 11.1. The molecule has 110 valence electrons. The second-order valence-corrected chi connectivity index (χ2v) is 4.15. The van der Waals surface area contributed by atoms with Gasteiger partial charge >= 0.3 is 6.03 Å². The first-order valence-corrected chi connectivity index (χ1v) is 6.35. The maximum Gasteiger partial charge on any atom is 0.321 e. The first-order valence-electron chi connectivity index (χ1n) is 6.35. The van der Waals surface area contributed by atoms with Crippen LogP contribution in [0, 0.1) is 0 Å². The lowest BCUT2D eigenvalue weighted by molar-refractivity contribution is 0.248. The van der Waals surface area contributed by atoms with E-state index in [9.17, 15) is 9.18 Å². The van der Waals surface area contributed by atoms with Crippen LogP contribution >= 0.6 is 0 Å². The van der Waals surface area contributed by atoms with Crippen LogP contribution < -0.4 is 20.7 Å². The number of urea groups is 1. The number of amides is 2. The Bertz CT molecular complexity index is 460. The van der Waals surface area contributed by atoms with Gasteiger partial charge in [0.25, 0.3) is 0 Å². The van der Waals surface area contributed by atoms with E-state index >= 15 is 0 Å². The number of nitrogens with one attached hydrogen (secondary N) is 1. The molecule has 0 heterocycles. The molecule has 3 N–H and O–H groups in total. The molecule has 1 aromatic carbocycles. The molecular formula is C14H20FN3O2. The van der Waals surface area contributed by atoms with Crippen LogP contribution in [0.4, 0.5) is 14.9 Å². The Morgan fingerprint density at radius 1 is 1.45 bits per heavy atom. The van der Waals surface area contributed by atoms with E-state index in [0.29, 0.717) is 24.2 Å². The number of nitrogens with two attached hydrogens (primary N) is 1. The quantitative estimate of drug-likeness (QED) is 0.838. The Hall–Kier alpha value is -2.08. The molecule has 0 fully saturated rings. The summed E-state index contributed by atoms with van der Waals surface area (Å²) in [5, 5.41) is 2.71. The highest BCUT2D eigenvalue weighted by Gasteiger charge is 2.09. The van der Waals surface area contributed by atoms with Crippen molar-refractivity contribution in [1.29, 1.82) is 0 Å². The molecule has 0 aliphatic carbocycles. The van der Waals surface area contributed by atoms with E-state index in [1.54, 1.807) is 31.3 Å². The predicted octanol–water partition coefficient (Wildman–Crippen LogP) is 2.04. The monoisotopic (exact) mass is 281 g/mol. The molecule has 0 spiro atoms. The fraction of sp³-hybridized carbons (Fsp3) is 0.357. The van der Waals surface area contributed by atoms with Crippen molar-refractivity contribution in [2.45, 2.75) is 6.92 Å². The molecule has 0 saturated carbocycles. The van der Waals surface area contributed by atoms with E-state index in [1.807, 2.05) is 6.92 Å². The van der Waals surface area contributed by atoms with Crippen LogP contribution in [0.1, 0.15) is 6.92 Å². The summed E-state index contributed by atoms with van der Waals surface area (Å²) in [4.78, 5) is 13.1. The van der Waals surface area contributed by atoms with E-state index < -0.39 is 0 Å². The van der Waals surface area contributed by atoms with Gasteiger partial charge in [-0.25, -0.2) is 9.18 Å². The molecule has 5 nitrogen and oxygen atoms in total. The number of ether oxygens (including phenoxy) is 1. The fourth-order valence-corrected chi connectivity index (χ4v) is 1.46. The van der Waals surface area contributed by atoms with Crippen LogP contribution in [0.25, 0.3) is 0 Å². The average Bonchev–Trinajstić information content (AvgIpc) is 2.48. The number of benzene rings is 1. The molecule has 2 amide bonds. The third kappa shape index (κ3) is 4.55. The molecule has 0 bridgehead atoms. The Balaban J connectivity index is 2.62. The SMILES string of the molecule is CCNC(=O)N(C)c1ccc(OCC(=CF)CN)cc1. The molecule has 0 aromatic heterocycles. The molecule has 20 heavy (non-hydrogen) atoms. The summed E-state index contributed by atoms with van der Waals surface area (Å²) >= 11 is 0. The molecule has 0 aliphatic rings. The highest BCUT2D eigenvalue weighted by atomic mass is 19.1. The number of carbonyl (C=O) groups is 1. The number of anilines is 1. The summed E-state index contributed by atoms with van der Waals surface area (Å²) in [5.41, 5.74) is 6.46. The van der Waals surface area contributed by atoms with Gasteiger partial charge in [0.2, 0.25) is 0 Å². The van der Waals surface area contributed by atoms with Crippen LogP contribution in [0.15, 0.2) is 36.2 Å². The van der Waals surface area contributed by atoms with Gasteiger partial charge in [0.1, 0.15) is 12.4 Å². The molecular weight excluding hydrogens is 261 g/mol. The Morgan fingerprint density at radius 3 is 2.60 bits per heavy atom. The van der Waals surface area contributed by atoms with Crippen molar-refractivity contribution in [2.24, 2.45) is 5.73 Å².